The highest BCUT2D eigenvalue weighted by Crippen LogP contribution is 2.42. The summed E-state index contributed by atoms with van der Waals surface area (Å²) in [5.74, 6) is -0.201. The van der Waals surface area contributed by atoms with Crippen molar-refractivity contribution >= 4 is 29.1 Å². The van der Waals surface area contributed by atoms with E-state index >= 15 is 0 Å². The van der Waals surface area contributed by atoms with Crippen molar-refractivity contribution < 1.29 is 23.5 Å². The molecular formula is C25H20FNO4S. The zero-order valence-corrected chi connectivity index (χ0v) is 18.3. The van der Waals surface area contributed by atoms with Gasteiger partial charge in [0.25, 0.3) is 11.8 Å². The van der Waals surface area contributed by atoms with Crippen molar-refractivity contribution in [1.29, 1.82) is 0 Å². The molecule has 3 aromatic carbocycles. The summed E-state index contributed by atoms with van der Waals surface area (Å²) >= 11 is 1.24. The molecule has 7 heteroatoms. The van der Waals surface area contributed by atoms with Gasteiger partial charge in [0, 0.05) is 4.90 Å². The Kier molecular flexibility index (Phi) is 6.28. The number of methoxy groups -OCH3 is 2. The molecule has 1 heterocycles. The predicted molar refractivity (Wildman–Crippen MR) is 121 cm³/mol. The van der Waals surface area contributed by atoms with Gasteiger partial charge in [0.2, 0.25) is 0 Å². The molecule has 0 N–H and O–H groups in total. The van der Waals surface area contributed by atoms with Crippen LogP contribution in [0.1, 0.15) is 11.1 Å². The van der Waals surface area contributed by atoms with Crippen LogP contribution < -0.4 is 9.47 Å². The molecule has 1 aliphatic heterocycles. The van der Waals surface area contributed by atoms with Crippen molar-refractivity contribution in [3.8, 4) is 11.5 Å². The molecule has 3 aromatic rings. The maximum absolute atomic E-state index is 13.4. The van der Waals surface area contributed by atoms with Gasteiger partial charge in [-0.15, -0.1) is 0 Å². The Balaban J connectivity index is 1.76. The Morgan fingerprint density at radius 1 is 0.844 bits per heavy atom. The number of carbonyl (C=O) groups excluding carboxylic acids is 2. The van der Waals surface area contributed by atoms with Gasteiger partial charge in [-0.05, 0) is 47.5 Å². The fourth-order valence-corrected chi connectivity index (χ4v) is 4.45. The summed E-state index contributed by atoms with van der Waals surface area (Å²) in [6, 6.07) is 20.2. The molecule has 0 saturated carbocycles. The molecule has 1 aliphatic rings. The first-order valence-electron chi connectivity index (χ1n) is 9.82. The second-order valence-electron chi connectivity index (χ2n) is 7.01. The first-order valence-corrected chi connectivity index (χ1v) is 10.6. The van der Waals surface area contributed by atoms with E-state index in [0.29, 0.717) is 33.1 Å². The van der Waals surface area contributed by atoms with Gasteiger partial charge in [-0.1, -0.05) is 48.2 Å². The van der Waals surface area contributed by atoms with Crippen molar-refractivity contribution in [3.05, 3.63) is 94.6 Å². The van der Waals surface area contributed by atoms with Gasteiger partial charge >= 0.3 is 0 Å². The van der Waals surface area contributed by atoms with Crippen LogP contribution in [0.3, 0.4) is 0 Å². The van der Waals surface area contributed by atoms with E-state index in [1.807, 2.05) is 30.3 Å². The molecular weight excluding hydrogens is 429 g/mol. The quantitative estimate of drug-likeness (QED) is 0.480. The van der Waals surface area contributed by atoms with E-state index in [-0.39, 0.29) is 12.4 Å². The van der Waals surface area contributed by atoms with Crippen LogP contribution in [0.25, 0.3) is 5.57 Å². The number of thioether (sulfide) groups is 1. The van der Waals surface area contributed by atoms with Crippen LogP contribution >= 0.6 is 11.8 Å². The molecule has 0 atom stereocenters. The lowest BCUT2D eigenvalue weighted by atomic mass is 10.1. The number of nitrogens with zero attached hydrogens (tertiary/aromatic N) is 1. The smallest absolute Gasteiger partial charge is 0.268 e. The van der Waals surface area contributed by atoms with Crippen molar-refractivity contribution in [2.45, 2.75) is 11.4 Å². The highest BCUT2D eigenvalue weighted by molar-refractivity contribution is 8.04. The second kappa shape index (κ2) is 9.28. The fourth-order valence-electron chi connectivity index (χ4n) is 3.42. The molecule has 0 aromatic heterocycles. The number of hydrogen-bond acceptors (Lipinski definition) is 5. The monoisotopic (exact) mass is 449 g/mol. The van der Waals surface area contributed by atoms with Crippen LogP contribution in [-0.4, -0.2) is 30.9 Å². The second-order valence-corrected chi connectivity index (χ2v) is 8.10. The molecule has 0 spiro atoms. The van der Waals surface area contributed by atoms with E-state index in [1.54, 1.807) is 30.3 Å². The zero-order valence-electron chi connectivity index (χ0n) is 17.5. The third kappa shape index (κ3) is 4.24. The lowest BCUT2D eigenvalue weighted by Crippen LogP contribution is -2.30. The van der Waals surface area contributed by atoms with Gasteiger partial charge in [0.1, 0.15) is 5.82 Å². The maximum Gasteiger partial charge on any atom is 0.268 e. The summed E-state index contributed by atoms with van der Waals surface area (Å²) in [6.07, 6.45) is 0. The average Bonchev–Trinajstić information content (AvgIpc) is 3.04. The molecule has 0 unspecified atom stereocenters. The Hall–Kier alpha value is -3.58. The van der Waals surface area contributed by atoms with E-state index in [9.17, 15) is 14.0 Å². The minimum absolute atomic E-state index is 0.0492. The third-order valence-corrected chi connectivity index (χ3v) is 6.11. The number of imide groups is 1. The number of benzene rings is 3. The molecule has 0 bridgehead atoms. The maximum atomic E-state index is 13.4. The lowest BCUT2D eigenvalue weighted by Gasteiger charge is -2.15. The number of hydrogen-bond donors (Lipinski definition) is 0. The summed E-state index contributed by atoms with van der Waals surface area (Å²) in [4.78, 5) is 29.1. The molecule has 0 fully saturated rings. The normalized spacial score (nSPS) is 13.7. The van der Waals surface area contributed by atoms with Gasteiger partial charge in [-0.2, -0.15) is 0 Å². The van der Waals surface area contributed by atoms with E-state index in [4.69, 9.17) is 9.47 Å². The molecule has 5 nitrogen and oxygen atoms in total. The van der Waals surface area contributed by atoms with Crippen LogP contribution in [0.15, 0.2) is 82.6 Å². The number of halogens is 1. The van der Waals surface area contributed by atoms with Gasteiger partial charge in [-0.3, -0.25) is 14.5 Å². The number of rotatable bonds is 7. The molecule has 32 heavy (non-hydrogen) atoms. The highest BCUT2D eigenvalue weighted by Gasteiger charge is 2.39. The standard InChI is InChI=1S/C25H20FNO4S/c1-30-20-13-10-17(14-21(20)31-2)22-23(32-19-6-4-3-5-7-19)25(29)27(24(22)28)15-16-8-11-18(26)12-9-16/h3-14H,15H2,1-2H3. The molecule has 4 rings (SSSR count). The summed E-state index contributed by atoms with van der Waals surface area (Å²) in [7, 11) is 3.04. The summed E-state index contributed by atoms with van der Waals surface area (Å²) in [5.41, 5.74) is 1.51. The first-order chi connectivity index (χ1) is 15.5. The zero-order chi connectivity index (χ0) is 22.7. The van der Waals surface area contributed by atoms with Crippen molar-refractivity contribution in [2.75, 3.05) is 14.2 Å². The van der Waals surface area contributed by atoms with Crippen molar-refractivity contribution in [1.82, 2.24) is 4.90 Å². The van der Waals surface area contributed by atoms with Crippen molar-refractivity contribution in [3.63, 3.8) is 0 Å². The number of carbonyl (C=O) groups is 2. The van der Waals surface area contributed by atoms with Gasteiger partial charge in [0.15, 0.2) is 11.5 Å². The highest BCUT2D eigenvalue weighted by atomic mass is 32.2. The number of amides is 2. The van der Waals surface area contributed by atoms with E-state index < -0.39 is 11.8 Å². The third-order valence-electron chi connectivity index (χ3n) is 5.01. The van der Waals surface area contributed by atoms with Crippen LogP contribution in [0.5, 0.6) is 11.5 Å². The topological polar surface area (TPSA) is 55.8 Å². The van der Waals surface area contributed by atoms with Gasteiger partial charge in [0.05, 0.1) is 31.2 Å². The van der Waals surface area contributed by atoms with E-state index in [2.05, 4.69) is 0 Å². The minimum atomic E-state index is -0.412. The largest absolute Gasteiger partial charge is 0.493 e. The predicted octanol–water partition coefficient (Wildman–Crippen LogP) is 4.92. The van der Waals surface area contributed by atoms with Gasteiger partial charge in [-0.25, -0.2) is 4.39 Å². The minimum Gasteiger partial charge on any atom is -0.493 e. The molecule has 0 radical (unpaired) electrons. The van der Waals surface area contributed by atoms with Crippen molar-refractivity contribution in [2.24, 2.45) is 0 Å². The Labute approximate surface area is 189 Å². The average molecular weight is 450 g/mol. The summed E-state index contributed by atoms with van der Waals surface area (Å²) < 4.78 is 24.0. The Morgan fingerprint density at radius 2 is 1.53 bits per heavy atom. The van der Waals surface area contributed by atoms with Gasteiger partial charge < -0.3 is 9.47 Å². The first kappa shape index (κ1) is 21.6. The van der Waals surface area contributed by atoms with E-state index in [0.717, 1.165) is 4.90 Å². The molecule has 162 valence electrons. The Bertz CT molecular complexity index is 1190. The molecule has 2 amide bonds. The molecule has 0 aliphatic carbocycles. The number of ether oxygens (including phenoxy) is 2. The van der Waals surface area contributed by atoms with Crippen LogP contribution in [0.2, 0.25) is 0 Å². The molecule has 0 saturated heterocycles. The summed E-state index contributed by atoms with van der Waals surface area (Å²) in [6.45, 7) is 0.0492. The summed E-state index contributed by atoms with van der Waals surface area (Å²) in [5, 5.41) is 0. The van der Waals surface area contributed by atoms with Crippen LogP contribution in [-0.2, 0) is 16.1 Å². The van der Waals surface area contributed by atoms with Crippen LogP contribution in [0.4, 0.5) is 4.39 Å². The lowest BCUT2D eigenvalue weighted by molar-refractivity contribution is -0.137. The van der Waals surface area contributed by atoms with Crippen LogP contribution in [0, 0.1) is 5.82 Å². The SMILES string of the molecule is COc1ccc(C2=C(Sc3ccccc3)C(=O)N(Cc3ccc(F)cc3)C2=O)cc1OC. The fraction of sp³-hybridized carbons (Fsp3) is 0.120. The van der Waals surface area contributed by atoms with E-state index in [1.165, 1.54) is 43.0 Å². The Morgan fingerprint density at radius 3 is 2.19 bits per heavy atom.